The van der Waals surface area contributed by atoms with E-state index in [1.807, 2.05) is 19.1 Å². The Morgan fingerprint density at radius 3 is 2.53 bits per heavy atom. The summed E-state index contributed by atoms with van der Waals surface area (Å²) in [5.74, 6) is 0.298. The van der Waals surface area contributed by atoms with E-state index in [2.05, 4.69) is 53.4 Å². The van der Waals surface area contributed by atoms with E-state index in [4.69, 9.17) is 0 Å². The smallest absolute Gasteiger partial charge is 0.339 e. The zero-order valence-corrected chi connectivity index (χ0v) is 26.4. The van der Waals surface area contributed by atoms with Crippen molar-refractivity contribution in [1.29, 1.82) is 0 Å². The van der Waals surface area contributed by atoms with Crippen LogP contribution in [0.2, 0.25) is 0 Å². The second kappa shape index (κ2) is 13.0. The summed E-state index contributed by atoms with van der Waals surface area (Å²) in [6.07, 6.45) is 8.73. The molecule has 8 heteroatoms. The molecule has 1 aliphatic heterocycles. The van der Waals surface area contributed by atoms with E-state index in [1.54, 1.807) is 22.7 Å². The van der Waals surface area contributed by atoms with E-state index in [1.165, 1.54) is 39.6 Å². The van der Waals surface area contributed by atoms with E-state index in [9.17, 15) is 19.8 Å². The van der Waals surface area contributed by atoms with Crippen LogP contribution in [-0.4, -0.2) is 60.9 Å². The van der Waals surface area contributed by atoms with Crippen LogP contribution in [0.15, 0.2) is 60.9 Å². The van der Waals surface area contributed by atoms with Crippen molar-refractivity contribution in [3.63, 3.8) is 0 Å². The molecule has 2 aliphatic rings. The molecule has 2 atom stereocenters. The molecule has 1 saturated heterocycles. The maximum absolute atomic E-state index is 12.3. The summed E-state index contributed by atoms with van der Waals surface area (Å²) in [5.41, 5.74) is 10.0. The topological polar surface area (TPSA) is 109 Å². The highest BCUT2D eigenvalue weighted by Gasteiger charge is 2.29. The van der Waals surface area contributed by atoms with Crippen LogP contribution in [0.25, 0.3) is 16.9 Å². The highest BCUT2D eigenvalue weighted by atomic mass is 16.4. The van der Waals surface area contributed by atoms with Crippen molar-refractivity contribution in [2.75, 3.05) is 13.1 Å². The molecule has 8 nitrogen and oxygen atoms in total. The lowest BCUT2D eigenvalue weighted by atomic mass is 9.83. The lowest BCUT2D eigenvalue weighted by molar-refractivity contribution is -0.140. The summed E-state index contributed by atoms with van der Waals surface area (Å²) >= 11 is 0. The van der Waals surface area contributed by atoms with Crippen LogP contribution >= 0.6 is 0 Å². The fourth-order valence-electron chi connectivity index (χ4n) is 7.49. The van der Waals surface area contributed by atoms with Gasteiger partial charge in [-0.05, 0) is 115 Å². The van der Waals surface area contributed by atoms with Crippen molar-refractivity contribution in [1.82, 2.24) is 19.7 Å². The number of carbonyl (C=O) groups is 2. The monoisotopic (exact) mass is 606 g/mol. The van der Waals surface area contributed by atoms with Crippen molar-refractivity contribution in [3.8, 4) is 16.9 Å². The average Bonchev–Trinajstić information content (AvgIpc) is 3.69. The Bertz CT molecular complexity index is 1720. The first kappa shape index (κ1) is 30.7. The molecule has 4 aromatic rings. The van der Waals surface area contributed by atoms with Gasteiger partial charge in [-0.1, -0.05) is 50.2 Å². The number of hydrogen-bond donors (Lipinski definition) is 2. The Morgan fingerprint density at radius 1 is 1.02 bits per heavy atom. The van der Waals surface area contributed by atoms with Gasteiger partial charge < -0.3 is 15.1 Å². The van der Waals surface area contributed by atoms with Crippen LogP contribution in [0.3, 0.4) is 0 Å². The molecule has 1 unspecified atom stereocenters. The highest BCUT2D eigenvalue weighted by molar-refractivity contribution is 5.88. The summed E-state index contributed by atoms with van der Waals surface area (Å²) in [6.45, 7) is 7.09. The van der Waals surface area contributed by atoms with Gasteiger partial charge in [0.05, 0.1) is 11.9 Å². The second-order valence-electron chi connectivity index (χ2n) is 12.5. The molecule has 0 spiro atoms. The number of carbonyl (C=O) groups excluding carboxylic acids is 1. The lowest BCUT2D eigenvalue weighted by Gasteiger charge is -2.34. The fourth-order valence-corrected chi connectivity index (χ4v) is 7.49. The van der Waals surface area contributed by atoms with Gasteiger partial charge in [0, 0.05) is 19.3 Å². The Balaban J connectivity index is 1.24. The van der Waals surface area contributed by atoms with Gasteiger partial charge in [0.15, 0.2) is 5.82 Å². The fraction of sp³-hybridized carbons (Fsp3) is 0.405. The molecule has 3 heterocycles. The van der Waals surface area contributed by atoms with Crippen LogP contribution < -0.4 is 0 Å². The second-order valence-corrected chi connectivity index (χ2v) is 12.5. The molecule has 2 aromatic heterocycles. The number of aromatic carboxylic acids is 1. The van der Waals surface area contributed by atoms with Crippen molar-refractivity contribution in [3.05, 3.63) is 100.0 Å². The number of carboxylic acids is 1. The molecular formula is C37H42N4O4. The number of fused-ring (bicyclic) bond motifs is 1. The number of piperidine rings is 1. The Hall–Kier alpha value is -4.30. The maximum atomic E-state index is 12.3. The SMILES string of the molecule is CCc1cc(CC2CCc3cccc(-c4ccnc(-n5ncc(C(=O)O)c5CC)c4)c32)ccc1C1CCN(C(=O)[C@H](C)O)CC1. The molecule has 1 amide bonds. The number of hydrogen-bond acceptors (Lipinski definition) is 5. The Kier molecular flexibility index (Phi) is 8.85. The third-order valence-corrected chi connectivity index (χ3v) is 9.75. The van der Waals surface area contributed by atoms with Gasteiger partial charge in [-0.25, -0.2) is 14.5 Å². The third kappa shape index (κ3) is 6.03. The quantitative estimate of drug-likeness (QED) is 0.238. The van der Waals surface area contributed by atoms with Crippen LogP contribution in [0, 0.1) is 0 Å². The lowest BCUT2D eigenvalue weighted by Crippen LogP contribution is -2.42. The van der Waals surface area contributed by atoms with Crippen molar-refractivity contribution in [2.24, 2.45) is 0 Å². The number of amides is 1. The predicted molar refractivity (Wildman–Crippen MR) is 174 cm³/mol. The molecule has 0 radical (unpaired) electrons. The van der Waals surface area contributed by atoms with Crippen molar-refractivity contribution < 1.29 is 19.8 Å². The van der Waals surface area contributed by atoms with Gasteiger partial charge in [-0.3, -0.25) is 4.79 Å². The van der Waals surface area contributed by atoms with Gasteiger partial charge >= 0.3 is 5.97 Å². The van der Waals surface area contributed by atoms with E-state index >= 15 is 0 Å². The van der Waals surface area contributed by atoms with E-state index < -0.39 is 12.1 Å². The van der Waals surface area contributed by atoms with Crippen molar-refractivity contribution in [2.45, 2.75) is 83.7 Å². The predicted octanol–water partition coefficient (Wildman–Crippen LogP) is 6.12. The molecule has 0 saturated carbocycles. The summed E-state index contributed by atoms with van der Waals surface area (Å²) in [5, 5.41) is 23.7. The molecule has 2 aromatic carbocycles. The number of aliphatic hydroxyl groups excluding tert-OH is 1. The number of nitrogens with zero attached hydrogens (tertiary/aromatic N) is 4. The number of aliphatic hydroxyl groups is 1. The number of carboxylic acid groups (broad SMARTS) is 1. The first-order valence-electron chi connectivity index (χ1n) is 16.3. The first-order chi connectivity index (χ1) is 21.8. The van der Waals surface area contributed by atoms with Crippen LogP contribution in [0.1, 0.15) is 95.7 Å². The number of benzene rings is 2. The number of aryl methyl sites for hydroxylation is 2. The Labute approximate surface area is 264 Å². The first-order valence-corrected chi connectivity index (χ1v) is 16.3. The molecule has 0 bridgehead atoms. The minimum Gasteiger partial charge on any atom is -0.478 e. The van der Waals surface area contributed by atoms with E-state index in [-0.39, 0.29) is 11.5 Å². The molecule has 2 N–H and O–H groups in total. The van der Waals surface area contributed by atoms with Gasteiger partial charge in [-0.15, -0.1) is 0 Å². The normalized spacial score (nSPS) is 17.3. The molecule has 45 heavy (non-hydrogen) atoms. The molecule has 1 fully saturated rings. The van der Waals surface area contributed by atoms with E-state index in [0.29, 0.717) is 42.9 Å². The number of pyridine rings is 1. The van der Waals surface area contributed by atoms with Gasteiger partial charge in [0.25, 0.3) is 5.91 Å². The molecule has 234 valence electrons. The van der Waals surface area contributed by atoms with Crippen LogP contribution in [0.5, 0.6) is 0 Å². The van der Waals surface area contributed by atoms with Crippen molar-refractivity contribution >= 4 is 11.9 Å². The zero-order chi connectivity index (χ0) is 31.7. The number of likely N-dealkylation sites (tertiary alicyclic amines) is 1. The van der Waals surface area contributed by atoms with Crippen LogP contribution in [-0.2, 0) is 30.5 Å². The molecule has 6 rings (SSSR count). The summed E-state index contributed by atoms with van der Waals surface area (Å²) in [4.78, 5) is 30.3. The molecule has 1 aliphatic carbocycles. The number of rotatable bonds is 9. The summed E-state index contributed by atoms with van der Waals surface area (Å²) in [7, 11) is 0. The van der Waals surface area contributed by atoms with Gasteiger partial charge in [0.2, 0.25) is 0 Å². The van der Waals surface area contributed by atoms with Gasteiger partial charge in [-0.2, -0.15) is 5.10 Å². The summed E-state index contributed by atoms with van der Waals surface area (Å²) in [6, 6.07) is 17.7. The number of aromatic nitrogens is 3. The Morgan fingerprint density at radius 2 is 1.82 bits per heavy atom. The highest BCUT2D eigenvalue weighted by Crippen LogP contribution is 2.42. The minimum atomic E-state index is -0.980. The third-order valence-electron chi connectivity index (χ3n) is 9.75. The van der Waals surface area contributed by atoms with Crippen LogP contribution in [0.4, 0.5) is 0 Å². The summed E-state index contributed by atoms with van der Waals surface area (Å²) < 4.78 is 1.65. The maximum Gasteiger partial charge on any atom is 0.339 e. The standard InChI is InChI=1S/C37H42N4O4/c1-4-25-19-24(9-12-30(25)26-14-17-40(18-15-26)36(43)23(3)42)20-29-11-10-27-7-6-8-31(35(27)29)28-13-16-38-34(21-28)41-33(5-2)32(22-39-41)37(44)45/h6-9,12-13,16,19,21-23,26,29,42H,4-5,10-11,14-15,17-18,20H2,1-3H3,(H,44,45)/t23-,29?/m0/s1. The average molecular weight is 607 g/mol. The van der Waals surface area contributed by atoms with E-state index in [0.717, 1.165) is 44.1 Å². The van der Waals surface area contributed by atoms with Gasteiger partial charge in [0.1, 0.15) is 11.7 Å². The largest absolute Gasteiger partial charge is 0.478 e. The zero-order valence-electron chi connectivity index (χ0n) is 26.4. The molecular weight excluding hydrogens is 564 g/mol. The minimum absolute atomic E-state index is 0.168.